The van der Waals surface area contributed by atoms with E-state index in [-0.39, 0.29) is 23.6 Å². The summed E-state index contributed by atoms with van der Waals surface area (Å²) in [7, 11) is 0. The molecule has 1 aromatic heterocycles. The Bertz CT molecular complexity index is 1370. The molecule has 0 radical (unpaired) electrons. The van der Waals surface area contributed by atoms with Gasteiger partial charge in [0.05, 0.1) is 18.0 Å². The molecule has 1 aliphatic rings. The van der Waals surface area contributed by atoms with Gasteiger partial charge in [-0.15, -0.1) is 0 Å². The fraction of sp³-hybridized carbons (Fsp3) is 0.0800. The molecule has 0 spiro atoms. The van der Waals surface area contributed by atoms with E-state index in [1.165, 1.54) is 12.1 Å². The Labute approximate surface area is 187 Å². The van der Waals surface area contributed by atoms with Gasteiger partial charge in [0.25, 0.3) is 0 Å². The van der Waals surface area contributed by atoms with Crippen LogP contribution in [0.2, 0.25) is 0 Å². The molecule has 6 nitrogen and oxygen atoms in total. The molecule has 0 atom stereocenters. The molecule has 0 fully saturated rings. The Morgan fingerprint density at radius 3 is 2.33 bits per heavy atom. The molecule has 0 saturated heterocycles. The summed E-state index contributed by atoms with van der Waals surface area (Å²) in [5.74, 6) is -0.706. The minimum absolute atomic E-state index is 0.163. The van der Waals surface area contributed by atoms with Crippen LogP contribution < -0.4 is 5.32 Å². The molecule has 3 aromatic carbocycles. The van der Waals surface area contributed by atoms with Gasteiger partial charge >= 0.3 is 0 Å². The van der Waals surface area contributed by atoms with Gasteiger partial charge in [-0.05, 0) is 30.3 Å². The first-order valence-corrected chi connectivity index (χ1v) is 10.2. The number of benzene rings is 3. The van der Waals surface area contributed by atoms with Gasteiger partial charge in [0.2, 0.25) is 5.95 Å². The number of aliphatic hydroxyl groups is 2. The predicted molar refractivity (Wildman–Crippen MR) is 120 cm³/mol. The van der Waals surface area contributed by atoms with E-state index < -0.39 is 17.9 Å². The van der Waals surface area contributed by atoms with Crippen molar-refractivity contribution in [3.05, 3.63) is 107 Å². The number of rotatable bonds is 4. The number of aromatic nitrogens is 2. The highest BCUT2D eigenvalue weighted by Gasteiger charge is 2.25. The normalized spacial score (nSPS) is 12.6. The van der Waals surface area contributed by atoms with Crippen molar-refractivity contribution in [2.75, 3.05) is 5.32 Å². The summed E-state index contributed by atoms with van der Waals surface area (Å²) in [6, 6.07) is 17.3. The van der Waals surface area contributed by atoms with Crippen molar-refractivity contribution in [1.82, 2.24) is 9.97 Å². The highest BCUT2D eigenvalue weighted by molar-refractivity contribution is 6.17. The molecule has 3 N–H and O–H groups in total. The number of fused-ring (bicyclic) bond motifs is 3. The zero-order valence-electron chi connectivity index (χ0n) is 17.2. The largest absolute Gasteiger partial charge is 0.364 e. The maximum atomic E-state index is 15.1. The molecule has 4 aromatic rings. The molecule has 1 aliphatic heterocycles. The van der Waals surface area contributed by atoms with Crippen LogP contribution in [0.5, 0.6) is 0 Å². The summed E-state index contributed by atoms with van der Waals surface area (Å²) < 4.78 is 29.7. The summed E-state index contributed by atoms with van der Waals surface area (Å²) in [5, 5.41) is 21.5. The number of anilines is 2. The van der Waals surface area contributed by atoms with Crippen LogP contribution in [0.15, 0.2) is 77.9 Å². The quantitative estimate of drug-likeness (QED) is 0.403. The minimum Gasteiger partial charge on any atom is -0.364 e. The lowest BCUT2D eigenvalue weighted by molar-refractivity contribution is -0.0424. The summed E-state index contributed by atoms with van der Waals surface area (Å²) in [4.78, 5) is 13.4. The van der Waals surface area contributed by atoms with Crippen LogP contribution in [0.25, 0.3) is 11.3 Å². The van der Waals surface area contributed by atoms with Crippen LogP contribution in [0, 0.1) is 11.6 Å². The lowest BCUT2D eigenvalue weighted by Crippen LogP contribution is -2.08. The van der Waals surface area contributed by atoms with Gasteiger partial charge in [-0.2, -0.15) is 0 Å². The first-order chi connectivity index (χ1) is 16.0. The fourth-order valence-electron chi connectivity index (χ4n) is 3.76. The van der Waals surface area contributed by atoms with Crippen molar-refractivity contribution in [3.8, 4) is 11.3 Å². The zero-order chi connectivity index (χ0) is 22.9. The van der Waals surface area contributed by atoms with Gasteiger partial charge < -0.3 is 15.5 Å². The Kier molecular flexibility index (Phi) is 5.37. The number of halogens is 2. The zero-order valence-corrected chi connectivity index (χ0v) is 17.2. The lowest BCUT2D eigenvalue weighted by atomic mass is 9.94. The maximum absolute atomic E-state index is 15.1. The average molecular weight is 444 g/mol. The maximum Gasteiger partial charge on any atom is 0.227 e. The number of nitrogens with zero attached hydrogens (tertiary/aromatic N) is 3. The minimum atomic E-state index is -1.56. The van der Waals surface area contributed by atoms with E-state index in [0.717, 1.165) is 0 Å². The van der Waals surface area contributed by atoms with Gasteiger partial charge in [-0.1, -0.05) is 36.4 Å². The van der Waals surface area contributed by atoms with Gasteiger partial charge in [0.1, 0.15) is 11.6 Å². The number of nitrogens with one attached hydrogen (secondary N) is 1. The van der Waals surface area contributed by atoms with Crippen molar-refractivity contribution in [2.45, 2.75) is 12.8 Å². The first-order valence-electron chi connectivity index (χ1n) is 10.2. The molecule has 164 valence electrons. The van der Waals surface area contributed by atoms with E-state index in [4.69, 9.17) is 0 Å². The first kappa shape index (κ1) is 20.9. The van der Waals surface area contributed by atoms with E-state index in [1.807, 2.05) is 0 Å². The SMILES string of the molecule is OC(O)c1ccc(Nc2ncc3c(n2)-c2c(F)cccc2C(c2ccccc2F)=NC3)cc1. The van der Waals surface area contributed by atoms with Crippen LogP contribution in [0.4, 0.5) is 20.4 Å². The second-order valence-corrected chi connectivity index (χ2v) is 7.50. The molecule has 0 saturated carbocycles. The smallest absolute Gasteiger partial charge is 0.227 e. The molecule has 0 aliphatic carbocycles. The molecule has 8 heteroatoms. The van der Waals surface area contributed by atoms with Crippen LogP contribution in [0.1, 0.15) is 28.5 Å². The third kappa shape index (κ3) is 3.97. The second-order valence-electron chi connectivity index (χ2n) is 7.50. The fourth-order valence-corrected chi connectivity index (χ4v) is 3.76. The van der Waals surface area contributed by atoms with Crippen molar-refractivity contribution in [2.24, 2.45) is 4.99 Å². The molecule has 5 rings (SSSR count). The van der Waals surface area contributed by atoms with Crippen molar-refractivity contribution < 1.29 is 19.0 Å². The molecular formula is C25H18F2N4O2. The Morgan fingerprint density at radius 2 is 1.58 bits per heavy atom. The number of hydrogen-bond donors (Lipinski definition) is 3. The van der Waals surface area contributed by atoms with E-state index in [9.17, 15) is 14.6 Å². The van der Waals surface area contributed by atoms with Crippen molar-refractivity contribution in [3.63, 3.8) is 0 Å². The Balaban J connectivity index is 1.58. The summed E-state index contributed by atoms with van der Waals surface area (Å²) >= 11 is 0. The van der Waals surface area contributed by atoms with Crippen LogP contribution in [-0.4, -0.2) is 25.9 Å². The Morgan fingerprint density at radius 1 is 0.848 bits per heavy atom. The van der Waals surface area contributed by atoms with Gasteiger partial charge in [0, 0.05) is 39.7 Å². The molecule has 2 heterocycles. The molecular weight excluding hydrogens is 426 g/mol. The van der Waals surface area contributed by atoms with E-state index in [0.29, 0.717) is 33.8 Å². The second kappa shape index (κ2) is 8.50. The third-order valence-corrected chi connectivity index (χ3v) is 5.37. The van der Waals surface area contributed by atoms with Gasteiger partial charge in [-0.25, -0.2) is 18.7 Å². The average Bonchev–Trinajstić information content (AvgIpc) is 2.97. The van der Waals surface area contributed by atoms with Gasteiger partial charge in [-0.3, -0.25) is 4.99 Å². The third-order valence-electron chi connectivity index (χ3n) is 5.37. The number of aliphatic imine (C=N–C) groups is 1. The molecule has 0 unspecified atom stereocenters. The number of aliphatic hydroxyl groups excluding tert-OH is 1. The highest BCUT2D eigenvalue weighted by atomic mass is 19.1. The molecule has 0 bridgehead atoms. The van der Waals surface area contributed by atoms with Gasteiger partial charge in [0.15, 0.2) is 6.29 Å². The summed E-state index contributed by atoms with van der Waals surface area (Å²) in [6.07, 6.45) is 0.00600. The van der Waals surface area contributed by atoms with E-state index in [1.54, 1.807) is 60.8 Å². The van der Waals surface area contributed by atoms with Crippen molar-refractivity contribution >= 4 is 17.3 Å². The standard InChI is InChI=1S/C25H18F2N4O2/c26-19-6-2-1-4-17(19)23-18-5-3-7-20(27)21(18)22-15(12-28-23)13-29-25(31-22)30-16-10-8-14(9-11-16)24(32)33/h1-11,13,24,32-33H,12H2,(H,29,30,31). The molecule has 0 amide bonds. The lowest BCUT2D eigenvalue weighted by Gasteiger charge is -2.13. The monoisotopic (exact) mass is 444 g/mol. The predicted octanol–water partition coefficient (Wildman–Crippen LogP) is 4.50. The van der Waals surface area contributed by atoms with Crippen LogP contribution in [-0.2, 0) is 6.54 Å². The summed E-state index contributed by atoms with van der Waals surface area (Å²) in [5.41, 5.74) is 3.26. The highest BCUT2D eigenvalue weighted by Crippen LogP contribution is 2.34. The van der Waals surface area contributed by atoms with E-state index in [2.05, 4.69) is 20.3 Å². The van der Waals surface area contributed by atoms with Crippen LogP contribution in [0.3, 0.4) is 0 Å². The topological polar surface area (TPSA) is 90.6 Å². The van der Waals surface area contributed by atoms with Crippen molar-refractivity contribution in [1.29, 1.82) is 0 Å². The molecule has 33 heavy (non-hydrogen) atoms. The summed E-state index contributed by atoms with van der Waals surface area (Å²) in [6.45, 7) is 0.163. The van der Waals surface area contributed by atoms with E-state index >= 15 is 4.39 Å². The number of hydrogen-bond acceptors (Lipinski definition) is 6. The Hall–Kier alpha value is -4.01. The van der Waals surface area contributed by atoms with Crippen LogP contribution >= 0.6 is 0 Å².